The van der Waals surface area contributed by atoms with Crippen LogP contribution in [-0.2, 0) is 9.53 Å². The molecule has 0 saturated heterocycles. The summed E-state index contributed by atoms with van der Waals surface area (Å²) < 4.78 is 4.94. The third kappa shape index (κ3) is 2.81. The third-order valence-electron chi connectivity index (χ3n) is 2.70. The van der Waals surface area contributed by atoms with Gasteiger partial charge in [-0.2, -0.15) is 0 Å². The number of hydrogen-bond acceptors (Lipinski definition) is 5. The number of hydrogen-bond donors (Lipinski definition) is 3. The van der Waals surface area contributed by atoms with Gasteiger partial charge in [-0.25, -0.2) is 0 Å². The molecule has 1 aliphatic heterocycles. The second kappa shape index (κ2) is 5.21. The normalized spacial score (nSPS) is 22.8. The molecule has 0 unspecified atom stereocenters. The van der Waals surface area contributed by atoms with Gasteiger partial charge in [-0.3, -0.25) is 9.59 Å². The maximum atomic E-state index is 11.9. The number of ether oxygens (including phenoxy) is 1. The standard InChI is InChI=1S/C13H13NO5/c1-7-11(16)6-9(13(18)19-7)14-12(17)8-4-2-3-5-10(8)15/h2-7,13,15,18H,1H3,(H,14,17)/t7-,13+/m0/s1. The SMILES string of the molecule is C[C@@H]1O[C@@H](O)C(NC(=O)c2ccccc2O)=CC1=O. The van der Waals surface area contributed by atoms with E-state index in [1.54, 1.807) is 12.1 Å². The first-order chi connectivity index (χ1) is 8.99. The molecule has 1 amide bonds. The number of para-hydroxylation sites is 1. The summed E-state index contributed by atoms with van der Waals surface area (Å²) in [7, 11) is 0. The molecule has 3 N–H and O–H groups in total. The highest BCUT2D eigenvalue weighted by Gasteiger charge is 2.27. The van der Waals surface area contributed by atoms with Gasteiger partial charge in [0.2, 0.25) is 0 Å². The van der Waals surface area contributed by atoms with Crippen LogP contribution in [0.2, 0.25) is 0 Å². The fraction of sp³-hybridized carbons (Fsp3) is 0.231. The van der Waals surface area contributed by atoms with E-state index in [0.29, 0.717) is 0 Å². The van der Waals surface area contributed by atoms with Crippen molar-refractivity contribution in [1.29, 1.82) is 0 Å². The lowest BCUT2D eigenvalue weighted by molar-refractivity contribution is -0.148. The molecule has 19 heavy (non-hydrogen) atoms. The summed E-state index contributed by atoms with van der Waals surface area (Å²) in [5.74, 6) is -1.17. The summed E-state index contributed by atoms with van der Waals surface area (Å²) in [5, 5.41) is 21.5. The number of carbonyl (C=O) groups excluding carboxylic acids is 2. The van der Waals surface area contributed by atoms with Gasteiger partial charge in [0.1, 0.15) is 11.9 Å². The van der Waals surface area contributed by atoms with Crippen molar-refractivity contribution in [3.05, 3.63) is 41.6 Å². The predicted octanol–water partition coefficient (Wildman–Crippen LogP) is 0.312. The van der Waals surface area contributed by atoms with E-state index in [2.05, 4.69) is 5.32 Å². The van der Waals surface area contributed by atoms with Crippen LogP contribution in [0.5, 0.6) is 5.75 Å². The first kappa shape index (κ1) is 13.3. The number of rotatable bonds is 2. The number of phenolic OH excluding ortho intramolecular Hbond substituents is 1. The number of aliphatic hydroxyl groups excluding tert-OH is 1. The minimum atomic E-state index is -1.37. The van der Waals surface area contributed by atoms with Gasteiger partial charge in [0.25, 0.3) is 5.91 Å². The predicted molar refractivity (Wildman–Crippen MR) is 65.2 cm³/mol. The van der Waals surface area contributed by atoms with Crippen LogP contribution in [0.3, 0.4) is 0 Å². The number of aromatic hydroxyl groups is 1. The van der Waals surface area contributed by atoms with Gasteiger partial charge >= 0.3 is 0 Å². The summed E-state index contributed by atoms with van der Waals surface area (Å²) in [5.41, 5.74) is -0.00183. The Bertz CT molecular complexity index is 552. The fourth-order valence-corrected chi connectivity index (χ4v) is 1.64. The van der Waals surface area contributed by atoms with Crippen LogP contribution >= 0.6 is 0 Å². The Balaban J connectivity index is 2.18. The van der Waals surface area contributed by atoms with E-state index in [1.165, 1.54) is 19.1 Å². The van der Waals surface area contributed by atoms with Gasteiger partial charge in [0, 0.05) is 6.08 Å². The third-order valence-corrected chi connectivity index (χ3v) is 2.70. The van der Waals surface area contributed by atoms with Crippen molar-refractivity contribution in [3.63, 3.8) is 0 Å². The quantitative estimate of drug-likeness (QED) is 0.713. The Kier molecular flexibility index (Phi) is 3.64. The number of benzene rings is 1. The molecule has 2 rings (SSSR count). The summed E-state index contributed by atoms with van der Waals surface area (Å²) in [4.78, 5) is 23.3. The molecule has 100 valence electrons. The molecular formula is C13H13NO5. The van der Waals surface area contributed by atoms with Gasteiger partial charge in [-0.1, -0.05) is 12.1 Å². The van der Waals surface area contributed by atoms with Crippen LogP contribution in [0, 0.1) is 0 Å². The zero-order valence-electron chi connectivity index (χ0n) is 10.2. The Morgan fingerprint density at radius 3 is 2.74 bits per heavy atom. The van der Waals surface area contributed by atoms with Crippen LogP contribution in [0.1, 0.15) is 17.3 Å². The number of ketones is 1. The van der Waals surface area contributed by atoms with Gasteiger partial charge in [0.05, 0.1) is 11.3 Å². The van der Waals surface area contributed by atoms with Gasteiger partial charge < -0.3 is 20.3 Å². The molecule has 2 atom stereocenters. The van der Waals surface area contributed by atoms with Crippen molar-refractivity contribution in [2.24, 2.45) is 0 Å². The Labute approximate surface area is 109 Å². The summed E-state index contributed by atoms with van der Waals surface area (Å²) in [6.45, 7) is 1.50. The monoisotopic (exact) mass is 263 g/mol. The van der Waals surface area contributed by atoms with Crippen molar-refractivity contribution >= 4 is 11.7 Å². The molecule has 0 spiro atoms. The lowest BCUT2D eigenvalue weighted by Gasteiger charge is -2.24. The first-order valence-corrected chi connectivity index (χ1v) is 5.67. The summed E-state index contributed by atoms with van der Waals surface area (Å²) in [6.07, 6.45) is -1.00. The topological polar surface area (TPSA) is 95.9 Å². The highest BCUT2D eigenvalue weighted by atomic mass is 16.6. The molecule has 6 heteroatoms. The summed E-state index contributed by atoms with van der Waals surface area (Å²) in [6, 6.07) is 5.95. The van der Waals surface area contributed by atoms with E-state index in [0.717, 1.165) is 6.08 Å². The molecule has 1 aliphatic rings. The molecular weight excluding hydrogens is 250 g/mol. The van der Waals surface area contributed by atoms with Gasteiger partial charge in [-0.05, 0) is 19.1 Å². The maximum Gasteiger partial charge on any atom is 0.259 e. The van der Waals surface area contributed by atoms with Crippen LogP contribution in [0.4, 0.5) is 0 Å². The van der Waals surface area contributed by atoms with E-state index in [9.17, 15) is 19.8 Å². The highest BCUT2D eigenvalue weighted by Crippen LogP contribution is 2.18. The van der Waals surface area contributed by atoms with Crippen molar-refractivity contribution in [2.45, 2.75) is 19.3 Å². The molecule has 1 heterocycles. The smallest absolute Gasteiger partial charge is 0.259 e. The lowest BCUT2D eigenvalue weighted by Crippen LogP contribution is -2.39. The highest BCUT2D eigenvalue weighted by molar-refractivity contribution is 6.00. The van der Waals surface area contributed by atoms with Crippen LogP contribution < -0.4 is 5.32 Å². The zero-order chi connectivity index (χ0) is 14.0. The molecule has 0 aliphatic carbocycles. The number of amides is 1. The first-order valence-electron chi connectivity index (χ1n) is 5.67. The van der Waals surface area contributed by atoms with Gasteiger partial charge in [-0.15, -0.1) is 0 Å². The number of aliphatic hydroxyl groups is 1. The zero-order valence-corrected chi connectivity index (χ0v) is 10.2. The molecule has 0 aromatic heterocycles. The van der Waals surface area contributed by atoms with Crippen molar-refractivity contribution in [2.75, 3.05) is 0 Å². The second-order valence-electron chi connectivity index (χ2n) is 4.10. The van der Waals surface area contributed by atoms with E-state index in [4.69, 9.17) is 4.74 Å². The van der Waals surface area contributed by atoms with Gasteiger partial charge in [0.15, 0.2) is 12.1 Å². The van der Waals surface area contributed by atoms with Crippen molar-refractivity contribution in [1.82, 2.24) is 5.32 Å². The summed E-state index contributed by atoms with van der Waals surface area (Å²) >= 11 is 0. The minimum absolute atomic E-state index is 0.0432. The molecule has 0 radical (unpaired) electrons. The average molecular weight is 263 g/mol. The van der Waals surface area contributed by atoms with Crippen molar-refractivity contribution in [3.8, 4) is 5.75 Å². The van der Waals surface area contributed by atoms with Crippen LogP contribution in [0.15, 0.2) is 36.0 Å². The van der Waals surface area contributed by atoms with E-state index in [-0.39, 0.29) is 22.8 Å². The molecule has 0 bridgehead atoms. The van der Waals surface area contributed by atoms with Crippen LogP contribution in [0.25, 0.3) is 0 Å². The van der Waals surface area contributed by atoms with Crippen LogP contribution in [-0.4, -0.2) is 34.3 Å². The Hall–Kier alpha value is -2.18. The average Bonchev–Trinajstić information content (AvgIpc) is 2.36. The van der Waals surface area contributed by atoms with E-state index >= 15 is 0 Å². The number of nitrogens with one attached hydrogen (secondary N) is 1. The number of carbonyl (C=O) groups is 2. The molecule has 1 aromatic rings. The Morgan fingerprint density at radius 2 is 2.05 bits per heavy atom. The maximum absolute atomic E-state index is 11.9. The molecule has 0 fully saturated rings. The molecule has 1 aromatic carbocycles. The Morgan fingerprint density at radius 1 is 1.37 bits per heavy atom. The fourth-order valence-electron chi connectivity index (χ4n) is 1.64. The second-order valence-corrected chi connectivity index (χ2v) is 4.10. The minimum Gasteiger partial charge on any atom is -0.507 e. The van der Waals surface area contributed by atoms with E-state index in [1.807, 2.05) is 0 Å². The molecule has 0 saturated carbocycles. The molecule has 6 nitrogen and oxygen atoms in total. The van der Waals surface area contributed by atoms with E-state index < -0.39 is 18.3 Å². The van der Waals surface area contributed by atoms with Crippen molar-refractivity contribution < 1.29 is 24.5 Å². The number of phenols is 1. The largest absolute Gasteiger partial charge is 0.507 e. The lowest BCUT2D eigenvalue weighted by atomic mass is 10.1.